The van der Waals surface area contributed by atoms with Crippen molar-refractivity contribution in [2.24, 2.45) is 17.3 Å². The van der Waals surface area contributed by atoms with Gasteiger partial charge in [0.15, 0.2) is 0 Å². The molecule has 3 N–H and O–H groups in total. The number of aliphatic hydroxyl groups is 1. The molecule has 2 saturated heterocycles. The van der Waals surface area contributed by atoms with Crippen molar-refractivity contribution in [3.05, 3.63) is 0 Å². The summed E-state index contributed by atoms with van der Waals surface area (Å²) in [5.41, 5.74) is 0.552. The topological polar surface area (TPSA) is 47.5 Å². The number of hydrogen-bond donors (Lipinski definition) is 3. The minimum absolute atomic E-state index is 0. The molecule has 0 spiro atoms. The summed E-state index contributed by atoms with van der Waals surface area (Å²) in [6.45, 7) is 17.5. The quantitative estimate of drug-likeness (QED) is 0.658. The number of hydrogen-bond acceptors (Lipinski definition) is 4. The molecule has 2 heterocycles. The molecule has 0 aromatic heterocycles. The molecule has 0 atom stereocenters. The van der Waals surface area contributed by atoms with Gasteiger partial charge < -0.3 is 15.7 Å². The second kappa shape index (κ2) is 13.2. The normalized spacial score (nSPS) is 20.6. The largest absolute Gasteiger partial charge is 0.395 e. The Hall–Kier alpha value is 0.944. The molecule has 2 aliphatic rings. The number of aliphatic hydroxyl groups excluding tert-OH is 1. The van der Waals surface area contributed by atoms with Crippen LogP contribution in [-0.4, -0.2) is 62.4 Å². The monoisotopic (exact) mass is 402 g/mol. The van der Waals surface area contributed by atoms with Gasteiger partial charge in [-0.3, -0.25) is 4.90 Å². The zero-order valence-corrected chi connectivity index (χ0v) is 18.7. The van der Waals surface area contributed by atoms with Gasteiger partial charge in [0.1, 0.15) is 0 Å². The van der Waals surface area contributed by atoms with Gasteiger partial charge in [-0.15, -0.1) is 0 Å². The molecule has 0 aromatic rings. The fourth-order valence-corrected chi connectivity index (χ4v) is 3.90. The first-order valence-electron chi connectivity index (χ1n) is 9.20. The summed E-state index contributed by atoms with van der Waals surface area (Å²) >= 11 is 0. The molecular weight excluding hydrogens is 363 g/mol. The van der Waals surface area contributed by atoms with Gasteiger partial charge in [0, 0.05) is 65.4 Å². The predicted molar refractivity (Wildman–Crippen MR) is 95.2 cm³/mol. The maximum atomic E-state index is 8.56. The first-order valence-corrected chi connectivity index (χ1v) is 9.20. The number of β-amino-alcohol motifs (C(OH)–C–C–N with tert-alkyl or cyclic N) is 1. The van der Waals surface area contributed by atoms with Crippen molar-refractivity contribution in [2.75, 3.05) is 52.4 Å². The van der Waals surface area contributed by atoms with E-state index in [0.29, 0.717) is 12.0 Å². The van der Waals surface area contributed by atoms with Crippen molar-refractivity contribution >= 4 is 0 Å². The van der Waals surface area contributed by atoms with Crippen LogP contribution in [0.3, 0.4) is 0 Å². The van der Waals surface area contributed by atoms with E-state index in [9.17, 15) is 0 Å². The standard InChI is InChI=1S/C12H25N.C6H14N2O.Y/c1-10(2)9-12(3,4)11-5-7-13-8-6-11;9-6-5-8-3-1-7-2-4-8;/h10-11,13H,5-9H2,1-4H3;7,9H,1-6H2;. The van der Waals surface area contributed by atoms with Crippen molar-refractivity contribution in [1.29, 1.82) is 0 Å². The summed E-state index contributed by atoms with van der Waals surface area (Å²) in [6.07, 6.45) is 4.12. The molecular formula is C18H39N3OY. The Bertz CT molecular complexity index is 273. The predicted octanol–water partition coefficient (Wildman–Crippen LogP) is 1.94. The van der Waals surface area contributed by atoms with E-state index < -0.39 is 0 Å². The molecule has 0 saturated carbocycles. The van der Waals surface area contributed by atoms with Crippen LogP contribution in [0, 0.1) is 17.3 Å². The molecule has 2 fully saturated rings. The molecule has 0 aliphatic carbocycles. The summed E-state index contributed by atoms with van der Waals surface area (Å²) in [7, 11) is 0. The summed E-state index contributed by atoms with van der Waals surface area (Å²) in [4.78, 5) is 2.26. The van der Waals surface area contributed by atoms with Crippen molar-refractivity contribution in [2.45, 2.75) is 47.0 Å². The Morgan fingerprint density at radius 1 is 1.04 bits per heavy atom. The van der Waals surface area contributed by atoms with Gasteiger partial charge in [-0.2, -0.15) is 0 Å². The fourth-order valence-electron chi connectivity index (χ4n) is 3.90. The van der Waals surface area contributed by atoms with Gasteiger partial charge in [0.2, 0.25) is 0 Å². The number of nitrogens with zero attached hydrogens (tertiary/aromatic N) is 1. The molecule has 4 nitrogen and oxygen atoms in total. The van der Waals surface area contributed by atoms with Crippen LogP contribution in [0.4, 0.5) is 0 Å². The molecule has 2 aliphatic heterocycles. The van der Waals surface area contributed by atoms with Gasteiger partial charge in [0.05, 0.1) is 6.61 Å². The third kappa shape index (κ3) is 10.5. The van der Waals surface area contributed by atoms with Gasteiger partial charge in [0.25, 0.3) is 0 Å². The number of piperazine rings is 1. The summed E-state index contributed by atoms with van der Waals surface area (Å²) in [6, 6.07) is 0. The Morgan fingerprint density at radius 2 is 1.57 bits per heavy atom. The molecule has 135 valence electrons. The van der Waals surface area contributed by atoms with E-state index in [-0.39, 0.29) is 32.7 Å². The molecule has 0 unspecified atom stereocenters. The van der Waals surface area contributed by atoms with E-state index >= 15 is 0 Å². The molecule has 0 aromatic carbocycles. The second-order valence-corrected chi connectivity index (χ2v) is 7.93. The van der Waals surface area contributed by atoms with Crippen molar-refractivity contribution in [3.8, 4) is 0 Å². The number of nitrogens with one attached hydrogen (secondary N) is 2. The maximum absolute atomic E-state index is 8.56. The second-order valence-electron chi connectivity index (χ2n) is 7.93. The third-order valence-corrected chi connectivity index (χ3v) is 5.00. The molecule has 0 bridgehead atoms. The van der Waals surface area contributed by atoms with Gasteiger partial charge >= 0.3 is 0 Å². The van der Waals surface area contributed by atoms with Crippen molar-refractivity contribution in [3.63, 3.8) is 0 Å². The van der Waals surface area contributed by atoms with E-state index in [1.54, 1.807) is 0 Å². The fraction of sp³-hybridized carbons (Fsp3) is 1.00. The smallest absolute Gasteiger partial charge is 0.0558 e. The van der Waals surface area contributed by atoms with Gasteiger partial charge in [-0.25, -0.2) is 0 Å². The van der Waals surface area contributed by atoms with E-state index in [1.165, 1.54) is 32.4 Å². The summed E-state index contributed by atoms with van der Waals surface area (Å²) in [5, 5.41) is 15.2. The minimum atomic E-state index is 0. The minimum Gasteiger partial charge on any atom is -0.395 e. The van der Waals surface area contributed by atoms with Crippen LogP contribution in [0.25, 0.3) is 0 Å². The first-order chi connectivity index (χ1) is 10.5. The zero-order chi connectivity index (χ0) is 16.4. The zero-order valence-electron chi connectivity index (χ0n) is 15.9. The van der Waals surface area contributed by atoms with Gasteiger partial charge in [-0.05, 0) is 49.6 Å². The van der Waals surface area contributed by atoms with Crippen LogP contribution in [-0.2, 0) is 32.7 Å². The van der Waals surface area contributed by atoms with Crippen LogP contribution < -0.4 is 10.6 Å². The maximum Gasteiger partial charge on any atom is 0.0558 e. The molecule has 2 rings (SSSR count). The number of piperidine rings is 1. The van der Waals surface area contributed by atoms with E-state index in [0.717, 1.165) is 44.6 Å². The Labute approximate surface area is 169 Å². The Balaban J connectivity index is 0.000000427. The van der Waals surface area contributed by atoms with Crippen LogP contribution in [0.15, 0.2) is 0 Å². The van der Waals surface area contributed by atoms with Crippen LogP contribution >= 0.6 is 0 Å². The number of rotatable bonds is 5. The molecule has 1 radical (unpaired) electrons. The van der Waals surface area contributed by atoms with Crippen molar-refractivity contribution < 1.29 is 37.8 Å². The van der Waals surface area contributed by atoms with Crippen molar-refractivity contribution in [1.82, 2.24) is 15.5 Å². The molecule has 5 heteroatoms. The van der Waals surface area contributed by atoms with E-state index in [4.69, 9.17) is 5.11 Å². The SMILES string of the molecule is CC(C)CC(C)(C)C1CCNCC1.OCCN1CCNCC1.[Y]. The molecule has 0 amide bonds. The Morgan fingerprint density at radius 3 is 2.04 bits per heavy atom. The van der Waals surface area contributed by atoms with Crippen LogP contribution in [0.2, 0.25) is 0 Å². The van der Waals surface area contributed by atoms with Crippen LogP contribution in [0.5, 0.6) is 0 Å². The Kier molecular flexibility index (Phi) is 13.7. The third-order valence-electron chi connectivity index (χ3n) is 5.00. The van der Waals surface area contributed by atoms with E-state index in [2.05, 4.69) is 43.2 Å². The van der Waals surface area contributed by atoms with E-state index in [1.807, 2.05) is 0 Å². The first kappa shape index (κ1) is 23.9. The molecule has 23 heavy (non-hydrogen) atoms. The average Bonchev–Trinajstić information content (AvgIpc) is 2.49. The van der Waals surface area contributed by atoms with Crippen LogP contribution in [0.1, 0.15) is 47.0 Å². The average molecular weight is 402 g/mol. The summed E-state index contributed by atoms with van der Waals surface area (Å²) < 4.78 is 0. The van der Waals surface area contributed by atoms with Gasteiger partial charge in [-0.1, -0.05) is 27.7 Å². The summed E-state index contributed by atoms with van der Waals surface area (Å²) in [5.74, 6) is 1.78.